The Bertz CT molecular complexity index is 1290. The van der Waals surface area contributed by atoms with Crippen LogP contribution in [0.5, 0.6) is 0 Å². The van der Waals surface area contributed by atoms with Gasteiger partial charge < -0.3 is 0 Å². The van der Waals surface area contributed by atoms with Crippen LogP contribution in [0.1, 0.15) is 87.1 Å². The summed E-state index contributed by atoms with van der Waals surface area (Å²) in [6, 6.07) is 20.7. The molecule has 4 rings (SSSR count). The minimum absolute atomic E-state index is 0.432. The van der Waals surface area contributed by atoms with E-state index in [-0.39, 0.29) is 0 Å². The van der Waals surface area contributed by atoms with Crippen molar-refractivity contribution >= 4 is 11.0 Å². The molecular weight excluding hydrogens is 400 g/mol. The molecule has 2 heteroatoms. The van der Waals surface area contributed by atoms with Gasteiger partial charge in [0.25, 0.3) is 5.82 Å². The highest BCUT2D eigenvalue weighted by Crippen LogP contribution is 2.37. The quantitative estimate of drug-likeness (QED) is 0.278. The summed E-state index contributed by atoms with van der Waals surface area (Å²) in [6.45, 7) is 18.2. The van der Waals surface area contributed by atoms with Crippen molar-refractivity contribution in [2.45, 2.75) is 73.1 Å². The van der Waals surface area contributed by atoms with Gasteiger partial charge >= 0.3 is 0 Å². The number of nitrogens with zero attached hydrogens (tertiary/aromatic N) is 2. The van der Waals surface area contributed by atoms with E-state index in [1.165, 1.54) is 55.9 Å². The van der Waals surface area contributed by atoms with Gasteiger partial charge in [-0.25, -0.2) is 4.57 Å². The second kappa shape index (κ2) is 8.82. The average Bonchev–Trinajstić information content (AvgIpc) is 3.06. The van der Waals surface area contributed by atoms with Gasteiger partial charge in [-0.2, -0.15) is 4.57 Å². The van der Waals surface area contributed by atoms with Crippen LogP contribution in [0.4, 0.5) is 0 Å². The fourth-order valence-corrected chi connectivity index (χ4v) is 5.01. The minimum Gasteiger partial charge on any atom is -0.225 e. The van der Waals surface area contributed by atoms with Gasteiger partial charge in [-0.05, 0) is 60.9 Å². The number of para-hydroxylation sites is 1. The molecule has 0 aliphatic heterocycles. The largest absolute Gasteiger partial charge is 0.295 e. The maximum atomic E-state index is 2.56. The average molecular weight is 440 g/mol. The predicted octanol–water partition coefficient (Wildman–Crippen LogP) is 8.11. The molecule has 0 radical (unpaired) electrons. The van der Waals surface area contributed by atoms with Crippen LogP contribution in [-0.2, 0) is 7.05 Å². The van der Waals surface area contributed by atoms with Gasteiger partial charge in [0.2, 0.25) is 0 Å². The van der Waals surface area contributed by atoms with E-state index < -0.39 is 0 Å². The number of benzene rings is 3. The molecule has 0 saturated heterocycles. The van der Waals surface area contributed by atoms with Crippen molar-refractivity contribution in [2.24, 2.45) is 7.05 Å². The molecule has 0 atom stereocenters. The number of rotatable bonds is 5. The Morgan fingerprint density at radius 2 is 1.36 bits per heavy atom. The van der Waals surface area contributed by atoms with E-state index in [2.05, 4.69) is 126 Å². The molecule has 33 heavy (non-hydrogen) atoms. The van der Waals surface area contributed by atoms with E-state index in [1.807, 2.05) is 0 Å². The fraction of sp³-hybridized carbons (Fsp3) is 0.387. The van der Waals surface area contributed by atoms with Crippen molar-refractivity contribution in [3.63, 3.8) is 0 Å². The Kier molecular flexibility index (Phi) is 6.22. The van der Waals surface area contributed by atoms with Gasteiger partial charge in [0.1, 0.15) is 5.69 Å². The summed E-state index contributed by atoms with van der Waals surface area (Å²) in [5.41, 5.74) is 12.0. The number of hydrogen-bond donors (Lipinski definition) is 0. The lowest BCUT2D eigenvalue weighted by atomic mass is 9.92. The predicted molar refractivity (Wildman–Crippen MR) is 142 cm³/mol. The van der Waals surface area contributed by atoms with Crippen LogP contribution in [0.25, 0.3) is 28.1 Å². The molecule has 172 valence electrons. The van der Waals surface area contributed by atoms with Crippen molar-refractivity contribution in [2.75, 3.05) is 0 Å². The number of aryl methyl sites for hydroxylation is 3. The monoisotopic (exact) mass is 439 g/mol. The molecule has 0 unspecified atom stereocenters. The third kappa shape index (κ3) is 4.01. The van der Waals surface area contributed by atoms with Gasteiger partial charge in [-0.15, -0.1) is 0 Å². The third-order valence-corrected chi connectivity index (χ3v) is 7.00. The standard InChI is InChI=1S/C31H39N2/c1-19(2)24-15-16-28-29(18-24)33(30-25(20(3)4)11-10-12-26(30)21(5)6)31(32(28)9)27-17-22(7)13-14-23(27)8/h10-21H,1-9H3/q+1. The number of aromatic nitrogens is 2. The Morgan fingerprint density at radius 1 is 0.727 bits per heavy atom. The molecule has 0 aliphatic rings. The number of imidazole rings is 1. The van der Waals surface area contributed by atoms with Crippen molar-refractivity contribution in [1.29, 1.82) is 0 Å². The highest BCUT2D eigenvalue weighted by molar-refractivity contribution is 5.81. The molecule has 0 aliphatic carbocycles. The van der Waals surface area contributed by atoms with Crippen LogP contribution < -0.4 is 4.57 Å². The molecule has 0 saturated carbocycles. The topological polar surface area (TPSA) is 8.81 Å². The summed E-state index contributed by atoms with van der Waals surface area (Å²) in [5, 5.41) is 0. The Hall–Kier alpha value is -2.87. The zero-order valence-electron chi connectivity index (χ0n) is 21.8. The maximum Gasteiger partial charge on any atom is 0.295 e. The summed E-state index contributed by atoms with van der Waals surface area (Å²) < 4.78 is 4.95. The molecule has 0 amide bonds. The van der Waals surface area contributed by atoms with Crippen molar-refractivity contribution in [1.82, 2.24) is 4.57 Å². The highest BCUT2D eigenvalue weighted by Gasteiger charge is 2.31. The van der Waals surface area contributed by atoms with Crippen molar-refractivity contribution < 1.29 is 4.57 Å². The zero-order valence-corrected chi connectivity index (χ0v) is 21.8. The van der Waals surface area contributed by atoms with Crippen molar-refractivity contribution in [3.8, 4) is 17.1 Å². The van der Waals surface area contributed by atoms with Crippen LogP contribution in [0, 0.1) is 13.8 Å². The van der Waals surface area contributed by atoms with Gasteiger partial charge in [-0.3, -0.25) is 0 Å². The molecular formula is C31H39N2+. The van der Waals surface area contributed by atoms with Crippen LogP contribution >= 0.6 is 0 Å². The van der Waals surface area contributed by atoms with Gasteiger partial charge in [0.05, 0.1) is 12.6 Å². The van der Waals surface area contributed by atoms with E-state index in [0.717, 1.165) is 0 Å². The van der Waals surface area contributed by atoms with Gasteiger partial charge in [0, 0.05) is 11.1 Å². The first-order valence-corrected chi connectivity index (χ1v) is 12.4. The second-order valence-electron chi connectivity index (χ2n) is 10.5. The lowest BCUT2D eigenvalue weighted by Gasteiger charge is -2.19. The lowest BCUT2D eigenvalue weighted by Crippen LogP contribution is -2.30. The first-order valence-electron chi connectivity index (χ1n) is 12.4. The Balaban J connectivity index is 2.25. The lowest BCUT2D eigenvalue weighted by molar-refractivity contribution is -0.633. The van der Waals surface area contributed by atoms with Crippen LogP contribution in [-0.4, -0.2) is 4.57 Å². The molecule has 0 N–H and O–H groups in total. The summed E-state index contributed by atoms with van der Waals surface area (Å²) in [6.07, 6.45) is 0. The maximum absolute atomic E-state index is 2.56. The summed E-state index contributed by atoms with van der Waals surface area (Å²) in [4.78, 5) is 0. The van der Waals surface area contributed by atoms with E-state index in [4.69, 9.17) is 0 Å². The van der Waals surface area contributed by atoms with Crippen LogP contribution in [0.3, 0.4) is 0 Å². The second-order valence-corrected chi connectivity index (χ2v) is 10.5. The smallest absolute Gasteiger partial charge is 0.225 e. The number of fused-ring (bicyclic) bond motifs is 1. The fourth-order valence-electron chi connectivity index (χ4n) is 5.01. The number of hydrogen-bond acceptors (Lipinski definition) is 0. The molecule has 2 nitrogen and oxygen atoms in total. The van der Waals surface area contributed by atoms with Crippen LogP contribution in [0.15, 0.2) is 54.6 Å². The van der Waals surface area contributed by atoms with Crippen LogP contribution in [0.2, 0.25) is 0 Å². The Labute approximate surface area is 199 Å². The summed E-state index contributed by atoms with van der Waals surface area (Å²) in [5.74, 6) is 2.60. The van der Waals surface area contributed by atoms with E-state index in [9.17, 15) is 0 Å². The minimum atomic E-state index is 0.432. The Morgan fingerprint density at radius 3 is 1.94 bits per heavy atom. The molecule has 0 bridgehead atoms. The molecule has 4 aromatic rings. The van der Waals surface area contributed by atoms with E-state index in [0.29, 0.717) is 17.8 Å². The summed E-state index contributed by atoms with van der Waals surface area (Å²) in [7, 11) is 2.22. The molecule has 1 heterocycles. The molecule has 1 aromatic heterocycles. The van der Waals surface area contributed by atoms with E-state index in [1.54, 1.807) is 0 Å². The van der Waals surface area contributed by atoms with Gasteiger partial charge in [0.15, 0.2) is 11.0 Å². The highest BCUT2D eigenvalue weighted by atomic mass is 15.2. The zero-order chi connectivity index (χ0) is 24.0. The third-order valence-electron chi connectivity index (χ3n) is 7.00. The molecule has 3 aromatic carbocycles. The summed E-state index contributed by atoms with van der Waals surface area (Å²) >= 11 is 0. The van der Waals surface area contributed by atoms with Gasteiger partial charge in [-0.1, -0.05) is 83.5 Å². The molecule has 0 spiro atoms. The van der Waals surface area contributed by atoms with Crippen molar-refractivity contribution in [3.05, 3.63) is 82.4 Å². The SMILES string of the molecule is Cc1ccc(C)c(-c2n(-c3c(C(C)C)cccc3C(C)C)c3cc(C(C)C)ccc3[n+]2C)c1. The normalized spacial score (nSPS) is 12.0. The first kappa shape index (κ1) is 23.3. The molecule has 0 fully saturated rings. The van der Waals surface area contributed by atoms with E-state index >= 15 is 0 Å². The first-order chi connectivity index (χ1) is 15.6.